The van der Waals surface area contributed by atoms with E-state index in [0.29, 0.717) is 11.1 Å². The quantitative estimate of drug-likeness (QED) is 0.613. The topological polar surface area (TPSA) is 66.8 Å². The van der Waals surface area contributed by atoms with Gasteiger partial charge in [-0.25, -0.2) is 0 Å². The Kier molecular flexibility index (Phi) is 3.16. The van der Waals surface area contributed by atoms with E-state index in [1.807, 2.05) is 0 Å². The number of ether oxygens (including phenoxy) is 1. The zero-order valence-electron chi connectivity index (χ0n) is 9.95. The van der Waals surface area contributed by atoms with Crippen LogP contribution in [-0.2, 0) is 4.74 Å². The van der Waals surface area contributed by atoms with Gasteiger partial charge in [0.05, 0.1) is 41.3 Å². The number of fused-ring (bicyclic) bond motifs is 1. The van der Waals surface area contributed by atoms with Gasteiger partial charge in [0.1, 0.15) is 0 Å². The van der Waals surface area contributed by atoms with Crippen molar-refractivity contribution in [2.75, 3.05) is 13.2 Å². The van der Waals surface area contributed by atoms with Gasteiger partial charge in [0.25, 0.3) is 11.8 Å². The van der Waals surface area contributed by atoms with Crippen molar-refractivity contribution < 1.29 is 19.4 Å². The lowest BCUT2D eigenvalue weighted by Crippen LogP contribution is -2.55. The summed E-state index contributed by atoms with van der Waals surface area (Å²) >= 11 is 3.35. The number of carbonyl (C=O) groups is 2. The van der Waals surface area contributed by atoms with E-state index in [1.165, 1.54) is 4.90 Å². The summed E-state index contributed by atoms with van der Waals surface area (Å²) < 4.78 is 5.25. The first-order valence-corrected chi connectivity index (χ1v) is 6.89. The van der Waals surface area contributed by atoms with Crippen molar-refractivity contribution in [2.24, 2.45) is 0 Å². The van der Waals surface area contributed by atoms with Gasteiger partial charge in [0.15, 0.2) is 0 Å². The van der Waals surface area contributed by atoms with Crippen molar-refractivity contribution >= 4 is 27.7 Å². The molecule has 1 fully saturated rings. The van der Waals surface area contributed by atoms with E-state index >= 15 is 0 Å². The molecule has 2 unspecified atom stereocenters. The lowest BCUT2D eigenvalue weighted by atomic mass is 10.1. The Bertz CT molecular complexity index is 512. The van der Waals surface area contributed by atoms with Crippen molar-refractivity contribution in [3.05, 3.63) is 35.4 Å². The number of benzene rings is 1. The standard InChI is InChI=1S/C13H12BrNO4/c14-11-9(5-19-6-10(11)16)15-12(17)7-3-1-2-4-8(7)13(15)18/h1-4,9-11,16H,5-6H2/t9?,10?,11-/m1/s1. The number of rotatable bonds is 1. The Labute approximate surface area is 118 Å². The SMILES string of the molecule is O=C1c2ccccc2C(=O)N1C1COCC(O)[C@@H]1Br. The molecule has 2 amide bonds. The van der Waals surface area contributed by atoms with E-state index in [-0.39, 0.29) is 29.9 Å². The van der Waals surface area contributed by atoms with Gasteiger partial charge in [-0.1, -0.05) is 28.1 Å². The zero-order valence-corrected chi connectivity index (χ0v) is 11.5. The first kappa shape index (κ1) is 12.8. The predicted molar refractivity (Wildman–Crippen MR) is 70.3 cm³/mol. The third-order valence-electron chi connectivity index (χ3n) is 3.47. The van der Waals surface area contributed by atoms with Gasteiger partial charge in [-0.2, -0.15) is 0 Å². The third-order valence-corrected chi connectivity index (χ3v) is 4.69. The van der Waals surface area contributed by atoms with Crippen LogP contribution < -0.4 is 0 Å². The maximum absolute atomic E-state index is 12.3. The van der Waals surface area contributed by atoms with Crippen LogP contribution in [-0.4, -0.2) is 52.0 Å². The van der Waals surface area contributed by atoms with Gasteiger partial charge in [-0.3, -0.25) is 14.5 Å². The fourth-order valence-corrected chi connectivity index (χ4v) is 3.02. The summed E-state index contributed by atoms with van der Waals surface area (Å²) in [6.45, 7) is 0.439. The smallest absolute Gasteiger partial charge is 0.261 e. The Morgan fingerprint density at radius 3 is 2.32 bits per heavy atom. The molecule has 0 aromatic heterocycles. The fraction of sp³-hybridized carbons (Fsp3) is 0.385. The molecule has 0 bridgehead atoms. The Balaban J connectivity index is 1.95. The molecule has 2 aliphatic heterocycles. The second-order valence-electron chi connectivity index (χ2n) is 4.64. The van der Waals surface area contributed by atoms with Crippen molar-refractivity contribution in [1.29, 1.82) is 0 Å². The van der Waals surface area contributed by atoms with Crippen molar-refractivity contribution in [3.8, 4) is 0 Å². The van der Waals surface area contributed by atoms with Crippen LogP contribution in [0.2, 0.25) is 0 Å². The Morgan fingerprint density at radius 2 is 1.74 bits per heavy atom. The lowest BCUT2D eigenvalue weighted by molar-refractivity contribution is -0.0359. The number of aliphatic hydroxyl groups is 1. The Hall–Kier alpha value is -1.24. The number of imide groups is 1. The van der Waals surface area contributed by atoms with Crippen LogP contribution in [0.5, 0.6) is 0 Å². The summed E-state index contributed by atoms with van der Waals surface area (Å²) in [6.07, 6.45) is -0.733. The summed E-state index contributed by atoms with van der Waals surface area (Å²) in [5, 5.41) is 9.78. The first-order valence-electron chi connectivity index (χ1n) is 5.98. The highest BCUT2D eigenvalue weighted by Gasteiger charge is 2.45. The van der Waals surface area contributed by atoms with Crippen LogP contribution in [0.1, 0.15) is 20.7 Å². The third kappa shape index (κ3) is 1.91. The summed E-state index contributed by atoms with van der Waals surface area (Å²) in [5.41, 5.74) is 0.819. The van der Waals surface area contributed by atoms with Crippen molar-refractivity contribution in [3.63, 3.8) is 0 Å². The van der Waals surface area contributed by atoms with E-state index in [9.17, 15) is 14.7 Å². The zero-order chi connectivity index (χ0) is 13.6. The summed E-state index contributed by atoms with van der Waals surface area (Å²) in [7, 11) is 0. The molecule has 6 heteroatoms. The average Bonchev–Trinajstić information content (AvgIpc) is 2.67. The fourth-order valence-electron chi connectivity index (χ4n) is 2.48. The van der Waals surface area contributed by atoms with Gasteiger partial charge in [-0.05, 0) is 12.1 Å². The molecule has 0 spiro atoms. The van der Waals surface area contributed by atoms with Crippen LogP contribution in [0, 0.1) is 0 Å². The number of halogens is 1. The molecule has 100 valence electrons. The number of nitrogens with zero attached hydrogens (tertiary/aromatic N) is 1. The molecule has 1 N–H and O–H groups in total. The molecule has 1 aromatic rings. The molecular formula is C13H12BrNO4. The second-order valence-corrected chi connectivity index (χ2v) is 5.70. The largest absolute Gasteiger partial charge is 0.389 e. The molecule has 1 saturated heterocycles. The molecule has 2 heterocycles. The van der Waals surface area contributed by atoms with Crippen molar-refractivity contribution in [1.82, 2.24) is 4.90 Å². The predicted octanol–water partition coefficient (Wildman–Crippen LogP) is 0.806. The molecule has 5 nitrogen and oxygen atoms in total. The van der Waals surface area contributed by atoms with Gasteiger partial charge >= 0.3 is 0 Å². The number of alkyl halides is 1. The summed E-state index contributed by atoms with van der Waals surface area (Å²) in [6, 6.07) is 6.24. The molecule has 0 aliphatic carbocycles. The van der Waals surface area contributed by atoms with Gasteiger partial charge in [0, 0.05) is 0 Å². The number of aliphatic hydroxyl groups excluding tert-OH is 1. The van der Waals surface area contributed by atoms with Crippen molar-refractivity contribution in [2.45, 2.75) is 17.0 Å². The molecule has 2 aliphatic rings. The minimum atomic E-state index is -0.733. The maximum atomic E-state index is 12.3. The van der Waals surface area contributed by atoms with Gasteiger partial charge < -0.3 is 9.84 Å². The first-order chi connectivity index (χ1) is 9.11. The normalized spacial score (nSPS) is 30.6. The minimum Gasteiger partial charge on any atom is -0.389 e. The monoisotopic (exact) mass is 325 g/mol. The van der Waals surface area contributed by atoms with E-state index in [4.69, 9.17) is 4.74 Å². The highest BCUT2D eigenvalue weighted by molar-refractivity contribution is 9.09. The Morgan fingerprint density at radius 1 is 1.16 bits per heavy atom. The molecule has 0 saturated carbocycles. The van der Waals surface area contributed by atoms with Crippen LogP contribution in [0.4, 0.5) is 0 Å². The molecule has 1 aromatic carbocycles. The summed E-state index contributed by atoms with van der Waals surface area (Å²) in [5.74, 6) is -0.652. The van der Waals surface area contributed by atoms with Crippen LogP contribution in [0.25, 0.3) is 0 Å². The van der Waals surface area contributed by atoms with Crippen LogP contribution in [0.3, 0.4) is 0 Å². The number of hydrogen-bond acceptors (Lipinski definition) is 4. The van der Waals surface area contributed by atoms with E-state index in [1.54, 1.807) is 24.3 Å². The number of hydrogen-bond donors (Lipinski definition) is 1. The van der Waals surface area contributed by atoms with Crippen LogP contribution >= 0.6 is 15.9 Å². The van der Waals surface area contributed by atoms with Crippen LogP contribution in [0.15, 0.2) is 24.3 Å². The second kappa shape index (κ2) is 4.70. The number of amides is 2. The highest BCUT2D eigenvalue weighted by Crippen LogP contribution is 2.30. The molecule has 3 atom stereocenters. The molecule has 19 heavy (non-hydrogen) atoms. The average molecular weight is 326 g/mol. The van der Waals surface area contributed by atoms with Gasteiger partial charge in [0.2, 0.25) is 0 Å². The highest BCUT2D eigenvalue weighted by atomic mass is 79.9. The molecule has 0 radical (unpaired) electrons. The van der Waals surface area contributed by atoms with E-state index in [0.717, 1.165) is 0 Å². The van der Waals surface area contributed by atoms with Gasteiger partial charge in [-0.15, -0.1) is 0 Å². The molecular weight excluding hydrogens is 314 g/mol. The maximum Gasteiger partial charge on any atom is 0.261 e. The molecule has 3 rings (SSSR count). The van der Waals surface area contributed by atoms with E-state index in [2.05, 4.69) is 15.9 Å². The number of carbonyl (C=O) groups excluding carboxylic acids is 2. The minimum absolute atomic E-state index is 0.204. The lowest BCUT2D eigenvalue weighted by Gasteiger charge is -2.36. The van der Waals surface area contributed by atoms with E-state index < -0.39 is 12.1 Å². The summed E-state index contributed by atoms with van der Waals surface area (Å²) in [4.78, 5) is 25.4.